The molecule has 0 saturated heterocycles. The van der Waals surface area contributed by atoms with Crippen molar-refractivity contribution in [2.45, 2.75) is 0 Å². The highest BCUT2D eigenvalue weighted by Gasteiger charge is 2.18. The predicted molar refractivity (Wildman–Crippen MR) is 48.5 cm³/mol. The number of anilines is 1. The Labute approximate surface area is 73.8 Å². The van der Waals surface area contributed by atoms with Crippen molar-refractivity contribution in [3.63, 3.8) is 0 Å². The minimum Gasteiger partial charge on any atom is -0.393 e. The van der Waals surface area contributed by atoms with Crippen LogP contribution in [0.3, 0.4) is 0 Å². The van der Waals surface area contributed by atoms with Gasteiger partial charge in [-0.3, -0.25) is 15.5 Å². The number of hydrogen-bond donors (Lipinski definition) is 3. The first-order chi connectivity index (χ1) is 6.04. The Morgan fingerprint density at radius 3 is 2.54 bits per heavy atom. The molecule has 0 unspecified atom stereocenters. The molecule has 0 amide bonds. The number of nitrogen functional groups attached to an aromatic ring is 2. The van der Waals surface area contributed by atoms with Gasteiger partial charge in [0.2, 0.25) is 0 Å². The van der Waals surface area contributed by atoms with E-state index in [9.17, 15) is 10.1 Å². The fourth-order valence-corrected chi connectivity index (χ4v) is 0.982. The molecule has 0 aromatic heterocycles. The Bertz CT molecular complexity index is 375. The van der Waals surface area contributed by atoms with Gasteiger partial charge in [-0.15, -0.1) is 0 Å². The molecular weight excluding hydrogens is 172 g/mol. The maximum Gasteiger partial charge on any atom is 0.302 e. The quantitative estimate of drug-likeness (QED) is 0.201. The molecule has 1 aromatic carbocycles. The maximum absolute atomic E-state index is 10.5. The molecule has 0 radical (unpaired) electrons. The van der Waals surface area contributed by atoms with Gasteiger partial charge in [0, 0.05) is 0 Å². The highest BCUT2D eigenvalue weighted by atomic mass is 16.6. The molecule has 0 spiro atoms. The lowest BCUT2D eigenvalue weighted by Gasteiger charge is -2.01. The van der Waals surface area contributed by atoms with E-state index < -0.39 is 4.92 Å². The van der Waals surface area contributed by atoms with Crippen molar-refractivity contribution in [1.82, 2.24) is 0 Å². The molecule has 0 aliphatic rings. The Morgan fingerprint density at radius 2 is 2.15 bits per heavy atom. The highest BCUT2D eigenvalue weighted by Crippen LogP contribution is 2.24. The summed E-state index contributed by atoms with van der Waals surface area (Å²) in [5.41, 5.74) is 10.3. The summed E-state index contributed by atoms with van der Waals surface area (Å²) in [4.78, 5) is 9.87. The standard InChI is InChI=1S/C7H8N4O2/c8-5-3-1-2-4(7(9)10)6(5)11(12)13/h1-3H,8H2,(H3,9,10). The van der Waals surface area contributed by atoms with Crippen LogP contribution in [0.15, 0.2) is 18.2 Å². The number of nitro benzene ring substituents is 1. The Morgan fingerprint density at radius 1 is 1.54 bits per heavy atom. The lowest BCUT2D eigenvalue weighted by atomic mass is 10.1. The molecular formula is C7H8N4O2. The van der Waals surface area contributed by atoms with E-state index in [4.69, 9.17) is 16.9 Å². The van der Waals surface area contributed by atoms with E-state index in [1.165, 1.54) is 18.2 Å². The van der Waals surface area contributed by atoms with Crippen LogP contribution in [0.1, 0.15) is 5.56 Å². The van der Waals surface area contributed by atoms with Crippen molar-refractivity contribution in [2.24, 2.45) is 5.73 Å². The summed E-state index contributed by atoms with van der Waals surface area (Å²) in [5, 5.41) is 17.6. The number of nitrogens with one attached hydrogen (secondary N) is 1. The highest BCUT2D eigenvalue weighted by molar-refractivity contribution is 6.00. The molecule has 0 atom stereocenters. The molecule has 1 rings (SSSR count). The summed E-state index contributed by atoms with van der Waals surface area (Å²) >= 11 is 0. The van der Waals surface area contributed by atoms with Crippen molar-refractivity contribution in [3.8, 4) is 0 Å². The molecule has 5 N–H and O–H groups in total. The topological polar surface area (TPSA) is 119 Å². The molecule has 0 aliphatic heterocycles. The molecule has 0 bridgehead atoms. The van der Waals surface area contributed by atoms with Gasteiger partial charge in [-0.2, -0.15) is 0 Å². The summed E-state index contributed by atoms with van der Waals surface area (Å²) in [6.07, 6.45) is 0. The predicted octanol–water partition coefficient (Wildman–Crippen LogP) is 0.461. The third-order valence-corrected chi connectivity index (χ3v) is 1.54. The van der Waals surface area contributed by atoms with Crippen LogP contribution < -0.4 is 11.5 Å². The summed E-state index contributed by atoms with van der Waals surface area (Å²) in [7, 11) is 0. The second kappa shape index (κ2) is 3.10. The van der Waals surface area contributed by atoms with Gasteiger partial charge in [0.25, 0.3) is 0 Å². The molecule has 13 heavy (non-hydrogen) atoms. The summed E-state index contributed by atoms with van der Waals surface area (Å²) in [5.74, 6) is -0.362. The number of hydrogen-bond acceptors (Lipinski definition) is 4. The number of amidine groups is 1. The van der Waals surface area contributed by atoms with E-state index in [0.717, 1.165) is 0 Å². The van der Waals surface area contributed by atoms with Gasteiger partial charge in [0.05, 0.1) is 10.5 Å². The average molecular weight is 180 g/mol. The van der Waals surface area contributed by atoms with Gasteiger partial charge in [-0.05, 0) is 12.1 Å². The number of nitrogens with two attached hydrogens (primary N) is 2. The summed E-state index contributed by atoms with van der Waals surface area (Å²) in [6, 6.07) is 4.29. The Balaban J connectivity index is 3.43. The van der Waals surface area contributed by atoms with Crippen molar-refractivity contribution in [3.05, 3.63) is 33.9 Å². The van der Waals surface area contributed by atoms with Crippen LogP contribution in [-0.2, 0) is 0 Å². The van der Waals surface area contributed by atoms with Gasteiger partial charge in [0.15, 0.2) is 0 Å². The number of nitro groups is 1. The number of benzene rings is 1. The lowest BCUT2D eigenvalue weighted by Crippen LogP contribution is -2.14. The fraction of sp³-hybridized carbons (Fsp3) is 0. The molecule has 6 heteroatoms. The van der Waals surface area contributed by atoms with E-state index in [1.54, 1.807) is 0 Å². The first-order valence-electron chi connectivity index (χ1n) is 3.41. The average Bonchev–Trinajstić information content (AvgIpc) is 2.02. The second-order valence-corrected chi connectivity index (χ2v) is 2.41. The number of nitrogens with zero attached hydrogens (tertiary/aromatic N) is 1. The third kappa shape index (κ3) is 1.56. The number of para-hydroxylation sites is 1. The number of rotatable bonds is 2. The zero-order valence-corrected chi connectivity index (χ0v) is 6.65. The van der Waals surface area contributed by atoms with Crippen molar-refractivity contribution in [1.29, 1.82) is 5.41 Å². The minimum atomic E-state index is -0.647. The van der Waals surface area contributed by atoms with Crippen LogP contribution in [0.4, 0.5) is 11.4 Å². The van der Waals surface area contributed by atoms with Gasteiger partial charge < -0.3 is 11.5 Å². The summed E-state index contributed by atoms with van der Waals surface area (Å²) in [6.45, 7) is 0. The smallest absolute Gasteiger partial charge is 0.302 e. The molecule has 68 valence electrons. The zero-order chi connectivity index (χ0) is 10.0. The van der Waals surface area contributed by atoms with Crippen LogP contribution in [0, 0.1) is 15.5 Å². The molecule has 0 saturated carbocycles. The Hall–Kier alpha value is -2.11. The zero-order valence-electron chi connectivity index (χ0n) is 6.65. The van der Waals surface area contributed by atoms with Crippen LogP contribution in [0.2, 0.25) is 0 Å². The fourth-order valence-electron chi connectivity index (χ4n) is 0.982. The molecule has 0 heterocycles. The van der Waals surface area contributed by atoms with Crippen molar-refractivity contribution >= 4 is 17.2 Å². The molecule has 0 fully saturated rings. The van der Waals surface area contributed by atoms with E-state index in [0.29, 0.717) is 0 Å². The largest absolute Gasteiger partial charge is 0.393 e. The SMILES string of the molecule is N=C(N)c1cccc(N)c1[N+](=O)[O-]. The normalized spacial score (nSPS) is 9.54. The third-order valence-electron chi connectivity index (χ3n) is 1.54. The van der Waals surface area contributed by atoms with Gasteiger partial charge >= 0.3 is 5.69 Å². The maximum atomic E-state index is 10.5. The first-order valence-corrected chi connectivity index (χ1v) is 3.41. The first kappa shape index (κ1) is 8.98. The Kier molecular flexibility index (Phi) is 2.14. The summed E-state index contributed by atoms with van der Waals surface area (Å²) < 4.78 is 0. The minimum absolute atomic E-state index is 0.0118. The van der Waals surface area contributed by atoms with Crippen molar-refractivity contribution in [2.75, 3.05) is 5.73 Å². The lowest BCUT2D eigenvalue weighted by molar-refractivity contribution is -0.384. The van der Waals surface area contributed by atoms with Crippen molar-refractivity contribution < 1.29 is 4.92 Å². The van der Waals surface area contributed by atoms with E-state index in [1.807, 2.05) is 0 Å². The van der Waals surface area contributed by atoms with E-state index in [-0.39, 0.29) is 22.8 Å². The second-order valence-electron chi connectivity index (χ2n) is 2.41. The molecule has 0 aliphatic carbocycles. The van der Waals surface area contributed by atoms with E-state index >= 15 is 0 Å². The van der Waals surface area contributed by atoms with Gasteiger partial charge in [-0.25, -0.2) is 0 Å². The van der Waals surface area contributed by atoms with Crippen LogP contribution >= 0.6 is 0 Å². The van der Waals surface area contributed by atoms with E-state index in [2.05, 4.69) is 0 Å². The molecule has 6 nitrogen and oxygen atoms in total. The van der Waals surface area contributed by atoms with Crippen LogP contribution in [0.5, 0.6) is 0 Å². The van der Waals surface area contributed by atoms with Gasteiger partial charge in [-0.1, -0.05) is 6.07 Å². The van der Waals surface area contributed by atoms with Crippen LogP contribution in [0.25, 0.3) is 0 Å². The molecule has 1 aromatic rings. The monoisotopic (exact) mass is 180 g/mol. The van der Waals surface area contributed by atoms with Gasteiger partial charge in [0.1, 0.15) is 11.5 Å². The van der Waals surface area contributed by atoms with Crippen LogP contribution in [-0.4, -0.2) is 10.8 Å².